The smallest absolute Gasteiger partial charge is 0.123 e. The van der Waals surface area contributed by atoms with Crippen molar-refractivity contribution in [1.29, 1.82) is 0 Å². The van der Waals surface area contributed by atoms with E-state index >= 15 is 0 Å². The first kappa shape index (κ1) is 7.80. The van der Waals surface area contributed by atoms with Crippen molar-refractivity contribution in [2.45, 2.75) is 19.8 Å². The maximum absolute atomic E-state index is 4.44. The average molecular weight is 180 g/mol. The second-order valence-corrected chi connectivity index (χ2v) is 4.12. The predicted molar refractivity (Wildman–Crippen MR) is 52.7 cm³/mol. The van der Waals surface area contributed by atoms with E-state index in [0.717, 1.165) is 0 Å². The van der Waals surface area contributed by atoms with Crippen LogP contribution in [0.5, 0.6) is 0 Å². The third-order valence-corrected chi connectivity index (χ3v) is 3.04. The van der Waals surface area contributed by atoms with Gasteiger partial charge in [-0.2, -0.15) is 4.37 Å². The molecular weight excluding hydrogens is 168 g/mol. The molecule has 0 unspecified atom stereocenters. The van der Waals surface area contributed by atoms with Gasteiger partial charge in [-0.05, 0) is 23.5 Å². The van der Waals surface area contributed by atoms with Crippen molar-refractivity contribution in [2.75, 3.05) is 0 Å². The van der Waals surface area contributed by atoms with Gasteiger partial charge in [0.15, 0.2) is 0 Å². The lowest BCUT2D eigenvalue weighted by molar-refractivity contribution is 0.850. The number of aryl methyl sites for hydroxylation is 1. The first-order valence-corrected chi connectivity index (χ1v) is 4.88. The molecule has 0 atom stereocenters. The summed E-state index contributed by atoms with van der Waals surface area (Å²) >= 11 is 1.59. The number of rotatable bonds is 1. The highest BCUT2D eigenvalue weighted by Gasteiger charge is 2.10. The minimum absolute atomic E-state index is 0.529. The molecule has 0 aromatic carbocycles. The van der Waals surface area contributed by atoms with Crippen molar-refractivity contribution in [3.8, 4) is 0 Å². The Kier molecular flexibility index (Phi) is 1.68. The van der Waals surface area contributed by atoms with Gasteiger partial charge in [-0.25, -0.2) is 0 Å². The zero-order valence-corrected chi connectivity index (χ0v) is 8.35. The zero-order chi connectivity index (χ0) is 8.72. The van der Waals surface area contributed by atoms with E-state index in [-0.39, 0.29) is 0 Å². The van der Waals surface area contributed by atoms with Crippen LogP contribution in [0.25, 0.3) is 10.2 Å². The highest BCUT2D eigenvalue weighted by atomic mass is 32.1. The molecule has 2 rings (SSSR count). The number of aromatic nitrogens is 2. The molecule has 0 aliphatic carbocycles. The molecular formula is C9H12N2S. The van der Waals surface area contributed by atoms with Crippen molar-refractivity contribution in [2.24, 2.45) is 7.05 Å². The molecule has 0 aliphatic rings. The Bertz CT molecular complexity index is 397. The van der Waals surface area contributed by atoms with E-state index in [4.69, 9.17) is 0 Å². The summed E-state index contributed by atoms with van der Waals surface area (Å²) in [7, 11) is 2.06. The Balaban J connectivity index is 2.71. The monoisotopic (exact) mass is 180 g/mol. The van der Waals surface area contributed by atoms with E-state index in [9.17, 15) is 0 Å². The fourth-order valence-electron chi connectivity index (χ4n) is 1.38. The third-order valence-electron chi connectivity index (χ3n) is 2.07. The molecule has 2 aromatic rings. The summed E-state index contributed by atoms with van der Waals surface area (Å²) in [6.07, 6.45) is 2.09. The van der Waals surface area contributed by atoms with Gasteiger partial charge in [-0.1, -0.05) is 13.8 Å². The Morgan fingerprint density at radius 2 is 2.25 bits per heavy atom. The van der Waals surface area contributed by atoms with Gasteiger partial charge in [-0.15, -0.1) is 0 Å². The second kappa shape index (κ2) is 2.59. The molecule has 2 nitrogen and oxygen atoms in total. The van der Waals surface area contributed by atoms with Gasteiger partial charge < -0.3 is 4.57 Å². The molecule has 0 spiro atoms. The lowest BCUT2D eigenvalue weighted by Crippen LogP contribution is -1.85. The van der Waals surface area contributed by atoms with Gasteiger partial charge in [0.1, 0.15) is 4.83 Å². The van der Waals surface area contributed by atoms with E-state index in [2.05, 4.69) is 42.1 Å². The van der Waals surface area contributed by atoms with Gasteiger partial charge in [0, 0.05) is 18.6 Å². The summed E-state index contributed by atoms with van der Waals surface area (Å²) < 4.78 is 6.56. The maximum Gasteiger partial charge on any atom is 0.123 e. The van der Waals surface area contributed by atoms with Gasteiger partial charge in [-0.3, -0.25) is 0 Å². The number of hydrogen-bond acceptors (Lipinski definition) is 2. The highest BCUT2D eigenvalue weighted by molar-refractivity contribution is 7.13. The molecule has 3 heteroatoms. The summed E-state index contributed by atoms with van der Waals surface area (Å²) in [5.74, 6) is 0.529. The SMILES string of the molecule is CC(C)c1nsc2c1ccn2C. The van der Waals surface area contributed by atoms with E-state index in [1.165, 1.54) is 15.9 Å². The Labute approximate surface area is 76.0 Å². The molecule has 0 saturated carbocycles. The third kappa shape index (κ3) is 0.966. The van der Waals surface area contributed by atoms with Crippen LogP contribution in [0.1, 0.15) is 25.5 Å². The second-order valence-electron chi connectivity index (χ2n) is 3.37. The molecule has 0 amide bonds. The van der Waals surface area contributed by atoms with Crippen molar-refractivity contribution >= 4 is 21.7 Å². The van der Waals surface area contributed by atoms with E-state index < -0.39 is 0 Å². The van der Waals surface area contributed by atoms with Gasteiger partial charge in [0.25, 0.3) is 0 Å². The molecule has 0 saturated heterocycles. The van der Waals surface area contributed by atoms with E-state index in [1.54, 1.807) is 11.5 Å². The number of nitrogens with zero attached hydrogens (tertiary/aromatic N) is 2. The maximum atomic E-state index is 4.44. The lowest BCUT2D eigenvalue weighted by atomic mass is 10.1. The van der Waals surface area contributed by atoms with Crippen molar-refractivity contribution in [3.05, 3.63) is 18.0 Å². The van der Waals surface area contributed by atoms with Crippen LogP contribution in [0.15, 0.2) is 12.3 Å². The van der Waals surface area contributed by atoms with Crippen molar-refractivity contribution in [3.63, 3.8) is 0 Å². The minimum atomic E-state index is 0.529. The van der Waals surface area contributed by atoms with Crippen molar-refractivity contribution < 1.29 is 0 Å². The first-order valence-electron chi connectivity index (χ1n) is 4.10. The number of hydrogen-bond donors (Lipinski definition) is 0. The van der Waals surface area contributed by atoms with Crippen LogP contribution < -0.4 is 0 Å². The average Bonchev–Trinajstić information content (AvgIpc) is 2.53. The van der Waals surface area contributed by atoms with Gasteiger partial charge in [0.05, 0.1) is 5.69 Å². The summed E-state index contributed by atoms with van der Waals surface area (Å²) in [5, 5.41) is 1.32. The Morgan fingerprint density at radius 1 is 1.50 bits per heavy atom. The van der Waals surface area contributed by atoms with Crippen LogP contribution in [-0.2, 0) is 7.05 Å². The van der Waals surface area contributed by atoms with Gasteiger partial charge in [0.2, 0.25) is 0 Å². The molecule has 0 bridgehead atoms. The zero-order valence-electron chi connectivity index (χ0n) is 7.53. The molecule has 0 aliphatic heterocycles. The molecule has 12 heavy (non-hydrogen) atoms. The fraction of sp³-hybridized carbons (Fsp3) is 0.444. The summed E-state index contributed by atoms with van der Waals surface area (Å²) in [6, 6.07) is 2.15. The van der Waals surface area contributed by atoms with Gasteiger partial charge >= 0.3 is 0 Å². The van der Waals surface area contributed by atoms with E-state index in [1.807, 2.05) is 0 Å². The van der Waals surface area contributed by atoms with E-state index in [0.29, 0.717) is 5.92 Å². The molecule has 0 radical (unpaired) electrons. The summed E-state index contributed by atoms with van der Waals surface area (Å²) in [6.45, 7) is 4.36. The quantitative estimate of drug-likeness (QED) is 0.660. The molecule has 2 aromatic heterocycles. The van der Waals surface area contributed by atoms with Crippen molar-refractivity contribution in [1.82, 2.24) is 8.94 Å². The Morgan fingerprint density at radius 3 is 2.92 bits per heavy atom. The van der Waals surface area contributed by atoms with Crippen LogP contribution in [0.2, 0.25) is 0 Å². The van der Waals surface area contributed by atoms with Crippen LogP contribution in [0, 0.1) is 0 Å². The predicted octanol–water partition coefficient (Wildman–Crippen LogP) is 2.76. The molecule has 0 fully saturated rings. The topological polar surface area (TPSA) is 17.8 Å². The van der Waals surface area contributed by atoms with Crippen LogP contribution in [-0.4, -0.2) is 8.94 Å². The fourth-order valence-corrected chi connectivity index (χ4v) is 2.34. The molecule has 64 valence electrons. The van der Waals surface area contributed by atoms with Crippen LogP contribution >= 0.6 is 11.5 Å². The standard InChI is InChI=1S/C9H12N2S/c1-6(2)8-7-4-5-11(3)9(7)12-10-8/h4-6H,1-3H3. The Hall–Kier alpha value is -0.830. The summed E-state index contributed by atoms with van der Waals surface area (Å²) in [4.78, 5) is 1.28. The highest BCUT2D eigenvalue weighted by Crippen LogP contribution is 2.27. The summed E-state index contributed by atoms with van der Waals surface area (Å²) in [5.41, 5.74) is 1.23. The lowest BCUT2D eigenvalue weighted by Gasteiger charge is -1.96. The molecule has 2 heterocycles. The largest absolute Gasteiger partial charge is 0.341 e. The number of fused-ring (bicyclic) bond motifs is 1. The van der Waals surface area contributed by atoms with Crippen LogP contribution in [0.3, 0.4) is 0 Å². The molecule has 0 N–H and O–H groups in total. The first-order chi connectivity index (χ1) is 5.70. The normalized spacial score (nSPS) is 11.7. The van der Waals surface area contributed by atoms with Crippen LogP contribution in [0.4, 0.5) is 0 Å². The minimum Gasteiger partial charge on any atom is -0.341 e.